The molecule has 1 aromatic rings. The number of nitrogens with one attached hydrogen (secondary N) is 1. The molecular formula is C15H23FN2O5S. The maximum atomic E-state index is 14.2. The predicted octanol–water partition coefficient (Wildman–Crippen LogP) is 1.21. The molecule has 9 heteroatoms. The van der Waals surface area contributed by atoms with E-state index in [9.17, 15) is 17.6 Å². The van der Waals surface area contributed by atoms with Crippen LogP contribution in [0.5, 0.6) is 0 Å². The number of nitrogens with two attached hydrogens (primary N) is 1. The van der Waals surface area contributed by atoms with Crippen molar-refractivity contribution >= 4 is 16.0 Å². The van der Waals surface area contributed by atoms with Crippen LogP contribution in [0, 0.1) is 6.92 Å². The lowest BCUT2D eigenvalue weighted by Gasteiger charge is -2.24. The number of ether oxygens (including phenoxy) is 1. The average molecular weight is 362 g/mol. The number of hydrogen-bond donors (Lipinski definition) is 2. The molecule has 7 nitrogen and oxygen atoms in total. The first kappa shape index (κ1) is 20.5. The fourth-order valence-corrected chi connectivity index (χ4v) is 2.79. The smallest absolute Gasteiger partial charge is 0.341 e. The van der Waals surface area contributed by atoms with E-state index in [0.717, 1.165) is 5.56 Å². The minimum Gasteiger partial charge on any atom is -0.458 e. The fourth-order valence-electron chi connectivity index (χ4n) is 1.75. The number of rotatable bonds is 7. The van der Waals surface area contributed by atoms with Gasteiger partial charge in [-0.2, -0.15) is 0 Å². The molecule has 0 bridgehead atoms. The van der Waals surface area contributed by atoms with Crippen LogP contribution in [-0.4, -0.2) is 38.8 Å². The Morgan fingerprint density at radius 2 is 1.83 bits per heavy atom. The van der Waals surface area contributed by atoms with E-state index in [4.69, 9.17) is 10.6 Å². The maximum Gasteiger partial charge on any atom is 0.341 e. The second-order valence-corrected chi connectivity index (χ2v) is 8.04. The lowest BCUT2D eigenvalue weighted by molar-refractivity contribution is -0.173. The quantitative estimate of drug-likeness (QED) is 0.558. The van der Waals surface area contributed by atoms with Gasteiger partial charge in [0.25, 0.3) is 0 Å². The van der Waals surface area contributed by atoms with Gasteiger partial charge in [0, 0.05) is 6.54 Å². The van der Waals surface area contributed by atoms with Crippen LogP contribution in [0.2, 0.25) is 0 Å². The highest BCUT2D eigenvalue weighted by Crippen LogP contribution is 2.14. The van der Waals surface area contributed by atoms with Crippen molar-refractivity contribution in [3.63, 3.8) is 0 Å². The molecule has 0 aliphatic rings. The maximum absolute atomic E-state index is 14.2. The Balaban J connectivity index is 2.73. The summed E-state index contributed by atoms with van der Waals surface area (Å²) in [6.07, 6.45) is -3.74. The van der Waals surface area contributed by atoms with Crippen LogP contribution in [-0.2, 0) is 24.4 Å². The van der Waals surface area contributed by atoms with Crippen LogP contribution in [0.4, 0.5) is 4.39 Å². The number of aryl methyl sites for hydroxylation is 1. The summed E-state index contributed by atoms with van der Waals surface area (Å²) < 4.78 is 45.4. The molecule has 24 heavy (non-hydrogen) atoms. The molecule has 136 valence electrons. The van der Waals surface area contributed by atoms with E-state index in [0.29, 0.717) is 0 Å². The number of carbonyl (C=O) groups is 1. The summed E-state index contributed by atoms with van der Waals surface area (Å²) in [4.78, 5) is 16.1. The molecule has 0 heterocycles. The molecule has 0 fully saturated rings. The highest BCUT2D eigenvalue weighted by molar-refractivity contribution is 7.89. The third-order valence-electron chi connectivity index (χ3n) is 2.91. The molecule has 0 aliphatic carbocycles. The van der Waals surface area contributed by atoms with Gasteiger partial charge in [-0.05, 0) is 39.8 Å². The van der Waals surface area contributed by atoms with Gasteiger partial charge < -0.3 is 4.74 Å². The topological polar surface area (TPSA) is 108 Å². The molecule has 0 aliphatic heterocycles. The van der Waals surface area contributed by atoms with Gasteiger partial charge in [0.15, 0.2) is 6.17 Å². The van der Waals surface area contributed by atoms with Crippen molar-refractivity contribution in [1.29, 1.82) is 0 Å². The van der Waals surface area contributed by atoms with Crippen molar-refractivity contribution in [3.8, 4) is 0 Å². The largest absolute Gasteiger partial charge is 0.458 e. The predicted molar refractivity (Wildman–Crippen MR) is 86.2 cm³/mol. The number of benzene rings is 1. The van der Waals surface area contributed by atoms with Crippen molar-refractivity contribution in [1.82, 2.24) is 4.72 Å². The van der Waals surface area contributed by atoms with Gasteiger partial charge in [0.1, 0.15) is 5.60 Å². The molecular weight excluding hydrogens is 339 g/mol. The first-order valence-corrected chi connectivity index (χ1v) is 8.73. The van der Waals surface area contributed by atoms with Crippen molar-refractivity contribution in [2.45, 2.75) is 50.5 Å². The van der Waals surface area contributed by atoms with Gasteiger partial charge >= 0.3 is 5.97 Å². The lowest BCUT2D eigenvalue weighted by atomic mass is 10.1. The van der Waals surface area contributed by atoms with E-state index < -0.39 is 40.4 Å². The highest BCUT2D eigenvalue weighted by Gasteiger charge is 2.34. The molecule has 0 spiro atoms. The Morgan fingerprint density at radius 1 is 1.29 bits per heavy atom. The van der Waals surface area contributed by atoms with Gasteiger partial charge in [-0.1, -0.05) is 17.7 Å². The minimum atomic E-state index is -3.91. The van der Waals surface area contributed by atoms with Crippen molar-refractivity contribution in [2.24, 2.45) is 5.90 Å². The second kappa shape index (κ2) is 8.02. The molecule has 0 radical (unpaired) electrons. The molecule has 2 unspecified atom stereocenters. The van der Waals surface area contributed by atoms with Gasteiger partial charge in [0.05, 0.1) is 4.90 Å². The summed E-state index contributed by atoms with van der Waals surface area (Å²) in [7, 11) is -3.91. The average Bonchev–Trinajstić information content (AvgIpc) is 2.44. The van der Waals surface area contributed by atoms with Crippen LogP contribution in [0.1, 0.15) is 26.3 Å². The summed E-state index contributed by atoms with van der Waals surface area (Å²) in [5.74, 6) is 3.94. The minimum absolute atomic E-state index is 0.0113. The van der Waals surface area contributed by atoms with Gasteiger partial charge in [-0.25, -0.2) is 28.2 Å². The Labute approximate surface area is 141 Å². The van der Waals surface area contributed by atoms with E-state index in [1.165, 1.54) is 12.1 Å². The Bertz CT molecular complexity index is 655. The van der Waals surface area contributed by atoms with Crippen LogP contribution in [0.15, 0.2) is 29.2 Å². The summed E-state index contributed by atoms with van der Waals surface area (Å²) in [5.41, 5.74) is 0.0356. The molecule has 1 aromatic carbocycles. The lowest BCUT2D eigenvalue weighted by Crippen LogP contribution is -2.45. The van der Waals surface area contributed by atoms with Crippen LogP contribution >= 0.6 is 0 Å². The normalized spacial score (nSPS) is 14.9. The van der Waals surface area contributed by atoms with Crippen molar-refractivity contribution in [3.05, 3.63) is 29.8 Å². The number of sulfonamides is 1. The van der Waals surface area contributed by atoms with E-state index in [1.807, 2.05) is 6.92 Å². The third-order valence-corrected chi connectivity index (χ3v) is 4.35. The summed E-state index contributed by atoms with van der Waals surface area (Å²) in [6.45, 7) is 5.94. The van der Waals surface area contributed by atoms with Gasteiger partial charge in [-0.3, -0.25) is 4.84 Å². The highest BCUT2D eigenvalue weighted by atomic mass is 32.2. The van der Waals surface area contributed by atoms with E-state index in [2.05, 4.69) is 9.56 Å². The molecule has 0 saturated heterocycles. The molecule has 1 rings (SSSR count). The summed E-state index contributed by atoms with van der Waals surface area (Å²) >= 11 is 0. The zero-order valence-corrected chi connectivity index (χ0v) is 14.9. The van der Waals surface area contributed by atoms with Crippen LogP contribution in [0.25, 0.3) is 0 Å². The Hall–Kier alpha value is -1.55. The first-order chi connectivity index (χ1) is 11.0. The SMILES string of the molecule is Cc1ccc(S(=O)(=O)NCC(F)C(ON)C(=O)OC(C)(C)C)cc1. The zero-order chi connectivity index (χ0) is 18.5. The Kier molecular flexibility index (Phi) is 6.85. The second-order valence-electron chi connectivity index (χ2n) is 6.27. The van der Waals surface area contributed by atoms with E-state index in [1.54, 1.807) is 32.9 Å². The number of alkyl halides is 1. The van der Waals surface area contributed by atoms with Crippen LogP contribution < -0.4 is 10.6 Å². The molecule has 0 aromatic heterocycles. The fraction of sp³-hybridized carbons (Fsp3) is 0.533. The Morgan fingerprint density at radius 3 is 2.29 bits per heavy atom. The first-order valence-electron chi connectivity index (χ1n) is 7.25. The van der Waals surface area contributed by atoms with Crippen LogP contribution in [0.3, 0.4) is 0 Å². The van der Waals surface area contributed by atoms with Gasteiger partial charge in [0.2, 0.25) is 16.1 Å². The zero-order valence-electron chi connectivity index (χ0n) is 14.1. The number of esters is 1. The number of carbonyl (C=O) groups excluding carboxylic acids is 1. The molecule has 0 saturated carbocycles. The third kappa shape index (κ3) is 6.16. The van der Waals surface area contributed by atoms with Gasteiger partial charge in [-0.15, -0.1) is 0 Å². The number of halogens is 1. The van der Waals surface area contributed by atoms with E-state index in [-0.39, 0.29) is 4.90 Å². The summed E-state index contributed by atoms with van der Waals surface area (Å²) in [5, 5.41) is 0. The molecule has 2 atom stereocenters. The van der Waals surface area contributed by atoms with Crippen molar-refractivity contribution < 1.29 is 27.2 Å². The number of hydrogen-bond acceptors (Lipinski definition) is 6. The summed E-state index contributed by atoms with van der Waals surface area (Å²) in [6, 6.07) is 6.04. The molecule has 3 N–H and O–H groups in total. The molecule has 0 amide bonds. The standard InChI is InChI=1S/C15H23FN2O5S/c1-10-5-7-11(8-6-10)24(20,21)18-9-12(16)13(23-17)14(19)22-15(2,3)4/h5-8,12-13,18H,9,17H2,1-4H3. The van der Waals surface area contributed by atoms with E-state index >= 15 is 0 Å². The monoisotopic (exact) mass is 362 g/mol. The van der Waals surface area contributed by atoms with Crippen molar-refractivity contribution in [2.75, 3.05) is 6.54 Å².